The van der Waals surface area contributed by atoms with Crippen LogP contribution >= 0.6 is 22.7 Å². The standard InChI is InChI=1S/C15H21NS2/c1-10-8-17-9-11(10)14(16-5)12-6-7-13(18-12)15(2,3)4/h6-9,14,16H,1-5H3. The van der Waals surface area contributed by atoms with Gasteiger partial charge in [-0.25, -0.2) is 0 Å². The highest BCUT2D eigenvalue weighted by molar-refractivity contribution is 7.12. The van der Waals surface area contributed by atoms with Gasteiger partial charge in [-0.15, -0.1) is 11.3 Å². The van der Waals surface area contributed by atoms with Crippen LogP contribution in [0, 0.1) is 6.92 Å². The van der Waals surface area contributed by atoms with Crippen LogP contribution in [-0.2, 0) is 5.41 Å². The van der Waals surface area contributed by atoms with Gasteiger partial charge in [-0.1, -0.05) is 20.8 Å². The molecule has 0 aliphatic rings. The van der Waals surface area contributed by atoms with Gasteiger partial charge in [-0.3, -0.25) is 0 Å². The summed E-state index contributed by atoms with van der Waals surface area (Å²) in [5.74, 6) is 0. The molecule has 0 bridgehead atoms. The molecule has 0 spiro atoms. The zero-order chi connectivity index (χ0) is 13.3. The van der Waals surface area contributed by atoms with E-state index in [0.29, 0.717) is 6.04 Å². The maximum Gasteiger partial charge on any atom is 0.0679 e. The third kappa shape index (κ3) is 2.68. The number of aryl methyl sites for hydroxylation is 1. The van der Waals surface area contributed by atoms with Gasteiger partial charge >= 0.3 is 0 Å². The van der Waals surface area contributed by atoms with Gasteiger partial charge < -0.3 is 5.32 Å². The van der Waals surface area contributed by atoms with E-state index in [1.807, 2.05) is 18.4 Å². The lowest BCUT2D eigenvalue weighted by molar-refractivity contribution is 0.604. The van der Waals surface area contributed by atoms with Crippen LogP contribution < -0.4 is 5.32 Å². The van der Waals surface area contributed by atoms with Crippen LogP contribution in [-0.4, -0.2) is 7.05 Å². The van der Waals surface area contributed by atoms with Crippen molar-refractivity contribution < 1.29 is 0 Å². The molecular weight excluding hydrogens is 258 g/mol. The lowest BCUT2D eigenvalue weighted by Gasteiger charge is -2.17. The average molecular weight is 279 g/mol. The Bertz CT molecular complexity index is 517. The lowest BCUT2D eigenvalue weighted by atomic mass is 9.95. The normalized spacial score (nSPS) is 13.8. The van der Waals surface area contributed by atoms with Crippen LogP contribution in [0.15, 0.2) is 22.9 Å². The van der Waals surface area contributed by atoms with Gasteiger partial charge in [0, 0.05) is 9.75 Å². The molecule has 0 fully saturated rings. The number of hydrogen-bond acceptors (Lipinski definition) is 3. The Kier molecular flexibility index (Phi) is 3.95. The molecule has 0 amide bonds. The highest BCUT2D eigenvalue weighted by atomic mass is 32.1. The first-order valence-corrected chi connectivity index (χ1v) is 7.99. The van der Waals surface area contributed by atoms with Crippen molar-refractivity contribution in [2.24, 2.45) is 0 Å². The van der Waals surface area contributed by atoms with Crippen molar-refractivity contribution in [3.8, 4) is 0 Å². The van der Waals surface area contributed by atoms with Gasteiger partial charge in [0.25, 0.3) is 0 Å². The molecule has 18 heavy (non-hydrogen) atoms. The molecule has 0 aliphatic carbocycles. The molecular formula is C15H21NS2. The highest BCUT2D eigenvalue weighted by Gasteiger charge is 2.21. The molecule has 1 N–H and O–H groups in total. The zero-order valence-electron chi connectivity index (χ0n) is 11.7. The minimum Gasteiger partial charge on any atom is -0.309 e. The van der Waals surface area contributed by atoms with Crippen LogP contribution in [0.1, 0.15) is 47.7 Å². The summed E-state index contributed by atoms with van der Waals surface area (Å²) in [6, 6.07) is 4.87. The molecule has 0 radical (unpaired) electrons. The van der Waals surface area contributed by atoms with Crippen molar-refractivity contribution in [3.63, 3.8) is 0 Å². The summed E-state index contributed by atoms with van der Waals surface area (Å²) in [6.07, 6.45) is 0. The summed E-state index contributed by atoms with van der Waals surface area (Å²) in [6.45, 7) is 9.00. The zero-order valence-corrected chi connectivity index (χ0v) is 13.3. The van der Waals surface area contributed by atoms with Crippen LogP contribution in [0.2, 0.25) is 0 Å². The molecule has 2 aromatic heterocycles. The number of thiophene rings is 2. The van der Waals surface area contributed by atoms with Crippen LogP contribution in [0.4, 0.5) is 0 Å². The van der Waals surface area contributed by atoms with Gasteiger partial charge in [0.1, 0.15) is 0 Å². The summed E-state index contributed by atoms with van der Waals surface area (Å²) in [5.41, 5.74) is 3.03. The molecule has 0 aromatic carbocycles. The van der Waals surface area contributed by atoms with E-state index < -0.39 is 0 Å². The summed E-state index contributed by atoms with van der Waals surface area (Å²) in [7, 11) is 2.04. The molecule has 2 aromatic rings. The van der Waals surface area contributed by atoms with Gasteiger partial charge in [0.2, 0.25) is 0 Å². The van der Waals surface area contributed by atoms with Gasteiger partial charge in [-0.05, 0) is 53.4 Å². The summed E-state index contributed by atoms with van der Waals surface area (Å²) < 4.78 is 0. The SMILES string of the molecule is CNC(c1ccc(C(C)(C)C)s1)c1cscc1C. The van der Waals surface area contributed by atoms with E-state index in [-0.39, 0.29) is 5.41 Å². The molecule has 0 saturated carbocycles. The summed E-state index contributed by atoms with van der Waals surface area (Å²) in [5, 5.41) is 7.92. The van der Waals surface area contributed by atoms with E-state index in [1.54, 1.807) is 11.3 Å². The topological polar surface area (TPSA) is 12.0 Å². The minimum absolute atomic E-state index is 0.241. The fraction of sp³-hybridized carbons (Fsp3) is 0.467. The van der Waals surface area contributed by atoms with Gasteiger partial charge in [0.15, 0.2) is 0 Å². The second-order valence-electron chi connectivity index (χ2n) is 5.68. The lowest BCUT2D eigenvalue weighted by Crippen LogP contribution is -2.16. The Labute approximate surface area is 118 Å². The minimum atomic E-state index is 0.241. The first-order valence-electron chi connectivity index (χ1n) is 6.23. The van der Waals surface area contributed by atoms with Crippen molar-refractivity contribution in [2.45, 2.75) is 39.2 Å². The molecule has 1 unspecified atom stereocenters. The van der Waals surface area contributed by atoms with Crippen molar-refractivity contribution in [2.75, 3.05) is 7.05 Å². The molecule has 2 rings (SSSR count). The number of rotatable bonds is 3. The highest BCUT2D eigenvalue weighted by Crippen LogP contribution is 2.36. The molecule has 0 aliphatic heterocycles. The Hall–Kier alpha value is -0.640. The third-order valence-electron chi connectivity index (χ3n) is 3.15. The first kappa shape index (κ1) is 13.8. The van der Waals surface area contributed by atoms with Crippen LogP contribution in [0.3, 0.4) is 0 Å². The van der Waals surface area contributed by atoms with E-state index in [4.69, 9.17) is 0 Å². The van der Waals surface area contributed by atoms with Crippen molar-refractivity contribution >= 4 is 22.7 Å². The van der Waals surface area contributed by atoms with E-state index in [9.17, 15) is 0 Å². The number of hydrogen-bond donors (Lipinski definition) is 1. The molecule has 2 heterocycles. The van der Waals surface area contributed by atoms with Crippen molar-refractivity contribution in [3.05, 3.63) is 43.8 Å². The maximum atomic E-state index is 3.44. The first-order chi connectivity index (χ1) is 8.43. The second kappa shape index (κ2) is 5.16. The van der Waals surface area contributed by atoms with Crippen molar-refractivity contribution in [1.82, 2.24) is 5.32 Å². The fourth-order valence-electron chi connectivity index (χ4n) is 2.03. The Balaban J connectivity index is 2.35. The molecule has 3 heteroatoms. The smallest absolute Gasteiger partial charge is 0.0679 e. The van der Waals surface area contributed by atoms with Crippen molar-refractivity contribution in [1.29, 1.82) is 0 Å². The van der Waals surface area contributed by atoms with Gasteiger partial charge in [0.05, 0.1) is 6.04 Å². The van der Waals surface area contributed by atoms with E-state index >= 15 is 0 Å². The Morgan fingerprint density at radius 2 is 1.89 bits per heavy atom. The maximum absolute atomic E-state index is 3.44. The molecule has 0 saturated heterocycles. The summed E-state index contributed by atoms with van der Waals surface area (Å²) in [4.78, 5) is 2.86. The average Bonchev–Trinajstić information content (AvgIpc) is 2.89. The molecule has 1 nitrogen and oxygen atoms in total. The van der Waals surface area contributed by atoms with E-state index in [0.717, 1.165) is 0 Å². The molecule has 98 valence electrons. The predicted octanol–water partition coefficient (Wildman–Crippen LogP) is 4.72. The quantitative estimate of drug-likeness (QED) is 0.857. The summed E-state index contributed by atoms with van der Waals surface area (Å²) >= 11 is 3.70. The number of nitrogens with one attached hydrogen (secondary N) is 1. The van der Waals surface area contributed by atoms with E-state index in [2.05, 4.69) is 55.9 Å². The Morgan fingerprint density at radius 1 is 1.17 bits per heavy atom. The Morgan fingerprint density at radius 3 is 2.33 bits per heavy atom. The van der Waals surface area contributed by atoms with Crippen LogP contribution in [0.25, 0.3) is 0 Å². The fourth-order valence-corrected chi connectivity index (χ4v) is 4.10. The van der Waals surface area contributed by atoms with E-state index in [1.165, 1.54) is 20.9 Å². The second-order valence-corrected chi connectivity index (χ2v) is 7.54. The largest absolute Gasteiger partial charge is 0.309 e. The monoisotopic (exact) mass is 279 g/mol. The third-order valence-corrected chi connectivity index (χ3v) is 5.60. The molecule has 1 atom stereocenters. The van der Waals surface area contributed by atoms with Gasteiger partial charge in [-0.2, -0.15) is 11.3 Å². The predicted molar refractivity (Wildman–Crippen MR) is 83.0 cm³/mol. The van der Waals surface area contributed by atoms with Crippen LogP contribution in [0.5, 0.6) is 0 Å².